The number of esters is 1. The first-order chi connectivity index (χ1) is 16.5. The molecule has 10 heteroatoms. The van der Waals surface area contributed by atoms with Gasteiger partial charge in [0.05, 0.1) is 32.0 Å². The second-order valence-electron chi connectivity index (χ2n) is 7.91. The molecule has 2 aromatic heterocycles. The van der Waals surface area contributed by atoms with E-state index in [1.165, 1.54) is 18.3 Å². The van der Waals surface area contributed by atoms with Gasteiger partial charge < -0.3 is 18.6 Å². The van der Waals surface area contributed by atoms with Gasteiger partial charge in [-0.1, -0.05) is 0 Å². The van der Waals surface area contributed by atoms with Crippen molar-refractivity contribution in [1.29, 1.82) is 0 Å². The maximum atomic E-state index is 13.4. The van der Waals surface area contributed by atoms with Crippen LogP contribution in [0.25, 0.3) is 0 Å². The molecule has 0 bridgehead atoms. The van der Waals surface area contributed by atoms with Crippen LogP contribution in [0.5, 0.6) is 0 Å². The summed E-state index contributed by atoms with van der Waals surface area (Å²) < 4.78 is 50.6. The third-order valence-electron chi connectivity index (χ3n) is 5.75. The van der Waals surface area contributed by atoms with E-state index in [0.29, 0.717) is 23.6 Å². The highest BCUT2D eigenvalue weighted by molar-refractivity contribution is 6.06. The quantitative estimate of drug-likeness (QED) is 0.326. The number of ether oxygens (including phenoxy) is 1. The summed E-state index contributed by atoms with van der Waals surface area (Å²) >= 11 is 0. The predicted molar refractivity (Wildman–Crippen MR) is 120 cm³/mol. The van der Waals surface area contributed by atoms with Crippen LogP contribution in [0, 0.1) is 13.8 Å². The number of Topliss-reactive ketones (excluding diaryl/α,β-unsaturated/α-hetero) is 1. The second-order valence-corrected chi connectivity index (χ2v) is 7.91. The normalized spacial score (nSPS) is 11.4. The average molecular weight is 490 g/mol. The second kappa shape index (κ2) is 10.2. The molecule has 0 saturated carbocycles. The van der Waals surface area contributed by atoms with E-state index in [9.17, 15) is 27.6 Å². The lowest BCUT2D eigenvalue weighted by Crippen LogP contribution is -2.35. The SMILES string of the molecule is CCn1c(C)c(C(=O)CN(Cc2ccco2)C(=O)c2ccc(C(F)(F)F)cc2)c(C)c1C(=O)OC. The van der Waals surface area contributed by atoms with Crippen LogP contribution in [-0.2, 0) is 24.0 Å². The molecule has 0 aliphatic heterocycles. The fourth-order valence-electron chi connectivity index (χ4n) is 4.09. The first-order valence-electron chi connectivity index (χ1n) is 10.8. The Labute approximate surface area is 200 Å². The highest BCUT2D eigenvalue weighted by Crippen LogP contribution is 2.29. The molecule has 0 atom stereocenters. The lowest BCUT2D eigenvalue weighted by Gasteiger charge is -2.21. The fraction of sp³-hybridized carbons (Fsp3) is 0.320. The van der Waals surface area contributed by atoms with E-state index in [-0.39, 0.29) is 29.9 Å². The van der Waals surface area contributed by atoms with Crippen LogP contribution in [0.4, 0.5) is 13.2 Å². The van der Waals surface area contributed by atoms with Gasteiger partial charge in [-0.15, -0.1) is 0 Å². The zero-order chi connectivity index (χ0) is 25.9. The number of hydrogen-bond acceptors (Lipinski definition) is 5. The van der Waals surface area contributed by atoms with Gasteiger partial charge in [0.25, 0.3) is 5.91 Å². The molecule has 1 aromatic carbocycles. The zero-order valence-electron chi connectivity index (χ0n) is 19.7. The number of amides is 1. The Morgan fingerprint density at radius 1 is 1.09 bits per heavy atom. The van der Waals surface area contributed by atoms with E-state index in [1.54, 1.807) is 30.5 Å². The highest BCUT2D eigenvalue weighted by Gasteiger charge is 2.31. The Morgan fingerprint density at radius 3 is 2.26 bits per heavy atom. The number of carbonyl (C=O) groups is 3. The zero-order valence-corrected chi connectivity index (χ0v) is 19.7. The van der Waals surface area contributed by atoms with Crippen molar-refractivity contribution in [2.45, 2.75) is 40.0 Å². The summed E-state index contributed by atoms with van der Waals surface area (Å²) in [5, 5.41) is 0. The molecule has 0 spiro atoms. The van der Waals surface area contributed by atoms with E-state index in [2.05, 4.69) is 0 Å². The monoisotopic (exact) mass is 490 g/mol. The van der Waals surface area contributed by atoms with Crippen molar-refractivity contribution in [3.05, 3.63) is 82.1 Å². The van der Waals surface area contributed by atoms with E-state index in [1.807, 2.05) is 6.92 Å². The standard InChI is InChI=1S/C25H25F3N2O5/c1-5-30-16(3)21(15(2)22(30)24(33)34-4)20(31)14-29(13-19-7-6-12-35-19)23(32)17-8-10-18(11-9-17)25(26,27)28/h6-12H,5,13-14H2,1-4H3. The Balaban J connectivity index is 1.96. The number of aromatic nitrogens is 1. The summed E-state index contributed by atoms with van der Waals surface area (Å²) in [4.78, 5) is 40.1. The van der Waals surface area contributed by atoms with Gasteiger partial charge in [-0.3, -0.25) is 9.59 Å². The third-order valence-corrected chi connectivity index (χ3v) is 5.75. The molecule has 1 amide bonds. The van der Waals surface area contributed by atoms with Crippen molar-refractivity contribution < 1.29 is 36.7 Å². The number of furan rings is 1. The number of hydrogen-bond donors (Lipinski definition) is 0. The summed E-state index contributed by atoms with van der Waals surface area (Å²) in [6.07, 6.45) is -3.12. The van der Waals surface area contributed by atoms with E-state index in [0.717, 1.165) is 24.3 Å². The van der Waals surface area contributed by atoms with Gasteiger partial charge in [0.15, 0.2) is 5.78 Å². The van der Waals surface area contributed by atoms with E-state index >= 15 is 0 Å². The average Bonchev–Trinajstić information content (AvgIpc) is 3.42. The third kappa shape index (κ3) is 5.31. The number of rotatable bonds is 8. The topological polar surface area (TPSA) is 81.8 Å². The van der Waals surface area contributed by atoms with Crippen LogP contribution in [0.2, 0.25) is 0 Å². The molecule has 0 fully saturated rings. The van der Waals surface area contributed by atoms with Crippen molar-refractivity contribution in [2.75, 3.05) is 13.7 Å². The Morgan fingerprint density at radius 2 is 1.74 bits per heavy atom. The van der Waals surface area contributed by atoms with Crippen molar-refractivity contribution >= 4 is 17.7 Å². The summed E-state index contributed by atoms with van der Waals surface area (Å²) in [5.41, 5.74) is 0.633. The van der Waals surface area contributed by atoms with Crippen LogP contribution in [0.3, 0.4) is 0 Å². The number of ketones is 1. The van der Waals surface area contributed by atoms with Crippen molar-refractivity contribution in [2.24, 2.45) is 0 Å². The molecule has 0 N–H and O–H groups in total. The van der Waals surface area contributed by atoms with Gasteiger partial charge in [-0.2, -0.15) is 13.2 Å². The van der Waals surface area contributed by atoms with Crippen LogP contribution in [0.1, 0.15) is 60.7 Å². The summed E-state index contributed by atoms with van der Waals surface area (Å²) in [7, 11) is 1.25. The van der Waals surface area contributed by atoms with Crippen molar-refractivity contribution in [3.8, 4) is 0 Å². The molecule has 0 saturated heterocycles. The number of alkyl halides is 3. The molecule has 0 aliphatic carbocycles. The maximum Gasteiger partial charge on any atom is 0.416 e. The predicted octanol–water partition coefficient (Wildman–Crippen LogP) is 5.05. The Bertz CT molecular complexity index is 1230. The van der Waals surface area contributed by atoms with Crippen LogP contribution < -0.4 is 0 Å². The van der Waals surface area contributed by atoms with Gasteiger partial charge in [-0.25, -0.2) is 4.79 Å². The molecule has 0 aliphatic rings. The minimum Gasteiger partial charge on any atom is -0.467 e. The van der Waals surface area contributed by atoms with Crippen LogP contribution >= 0.6 is 0 Å². The molecule has 3 rings (SSSR count). The molecule has 2 heterocycles. The molecule has 3 aromatic rings. The Kier molecular flexibility index (Phi) is 7.52. The van der Waals surface area contributed by atoms with Gasteiger partial charge >= 0.3 is 12.1 Å². The summed E-state index contributed by atoms with van der Waals surface area (Å²) in [6.45, 7) is 5.12. The van der Waals surface area contributed by atoms with Gasteiger partial charge in [0.2, 0.25) is 0 Å². The maximum absolute atomic E-state index is 13.4. The minimum atomic E-state index is -4.54. The number of methoxy groups -OCH3 is 1. The fourth-order valence-corrected chi connectivity index (χ4v) is 4.09. The highest BCUT2D eigenvalue weighted by atomic mass is 19.4. The molecule has 0 radical (unpaired) electrons. The summed E-state index contributed by atoms with van der Waals surface area (Å²) in [6, 6.07) is 7.03. The molecule has 7 nitrogen and oxygen atoms in total. The molecular formula is C25H25F3N2O5. The largest absolute Gasteiger partial charge is 0.467 e. The van der Waals surface area contributed by atoms with Gasteiger partial charge in [0, 0.05) is 23.4 Å². The van der Waals surface area contributed by atoms with Crippen LogP contribution in [0.15, 0.2) is 47.1 Å². The minimum absolute atomic E-state index is 0.00724. The number of carbonyl (C=O) groups excluding carboxylic acids is 3. The van der Waals surface area contributed by atoms with Crippen molar-refractivity contribution in [3.63, 3.8) is 0 Å². The first-order valence-corrected chi connectivity index (χ1v) is 10.8. The number of halogens is 3. The van der Waals surface area contributed by atoms with E-state index < -0.39 is 29.4 Å². The van der Waals surface area contributed by atoms with Crippen molar-refractivity contribution in [1.82, 2.24) is 9.47 Å². The van der Waals surface area contributed by atoms with Crippen LogP contribution in [-0.4, -0.2) is 40.8 Å². The molecule has 0 unspecified atom stereocenters. The lowest BCUT2D eigenvalue weighted by atomic mass is 10.0. The van der Waals surface area contributed by atoms with Gasteiger partial charge in [-0.05, 0) is 62.7 Å². The van der Waals surface area contributed by atoms with E-state index in [4.69, 9.17) is 9.15 Å². The number of nitrogens with zero attached hydrogens (tertiary/aromatic N) is 2. The smallest absolute Gasteiger partial charge is 0.416 e. The van der Waals surface area contributed by atoms with Gasteiger partial charge in [0.1, 0.15) is 11.5 Å². The molecule has 35 heavy (non-hydrogen) atoms. The first kappa shape index (κ1) is 25.8. The molecular weight excluding hydrogens is 465 g/mol. The molecule has 186 valence electrons. The number of benzene rings is 1. The summed E-state index contributed by atoms with van der Waals surface area (Å²) in [5.74, 6) is -1.25. The Hall–Kier alpha value is -3.82. The lowest BCUT2D eigenvalue weighted by molar-refractivity contribution is -0.137.